The summed E-state index contributed by atoms with van der Waals surface area (Å²) >= 11 is 0. The van der Waals surface area contributed by atoms with Crippen LogP contribution in [0.3, 0.4) is 0 Å². The van der Waals surface area contributed by atoms with Gasteiger partial charge < -0.3 is 5.11 Å². The molecule has 1 aromatic carbocycles. The Balaban J connectivity index is 1.95. The second kappa shape index (κ2) is 5.79. The van der Waals surface area contributed by atoms with E-state index in [1.54, 1.807) is 36.7 Å². The second-order valence-electron chi connectivity index (χ2n) is 5.35. The Bertz CT molecular complexity index is 1090. The summed E-state index contributed by atoms with van der Waals surface area (Å²) in [5.41, 5.74) is 1.86. The molecule has 1 N–H and O–H groups in total. The van der Waals surface area contributed by atoms with Gasteiger partial charge in [0.2, 0.25) is 0 Å². The number of halogens is 1. The van der Waals surface area contributed by atoms with E-state index in [0.29, 0.717) is 16.6 Å². The van der Waals surface area contributed by atoms with Gasteiger partial charge in [-0.15, -0.1) is 0 Å². The third kappa shape index (κ3) is 2.51. The maximum atomic E-state index is 15.2. The van der Waals surface area contributed by atoms with Crippen molar-refractivity contribution in [1.29, 1.82) is 0 Å². The minimum Gasteiger partial charge on any atom is -0.478 e. The molecule has 7 heteroatoms. The molecule has 0 bridgehead atoms. The molecule has 0 aliphatic heterocycles. The van der Waals surface area contributed by atoms with Gasteiger partial charge in [-0.1, -0.05) is 0 Å². The van der Waals surface area contributed by atoms with Crippen molar-refractivity contribution in [3.05, 3.63) is 72.7 Å². The summed E-state index contributed by atoms with van der Waals surface area (Å²) in [4.78, 5) is 23.4. The van der Waals surface area contributed by atoms with Crippen molar-refractivity contribution in [3.8, 4) is 16.9 Å². The van der Waals surface area contributed by atoms with Gasteiger partial charge >= 0.3 is 5.97 Å². The lowest BCUT2D eigenvalue weighted by Crippen LogP contribution is -2.02. The number of aromatic nitrogens is 4. The summed E-state index contributed by atoms with van der Waals surface area (Å²) in [6, 6.07) is 9.56. The summed E-state index contributed by atoms with van der Waals surface area (Å²) in [5.74, 6) is -1.25. The molecule has 25 heavy (non-hydrogen) atoms. The van der Waals surface area contributed by atoms with Crippen LogP contribution in [-0.4, -0.2) is 30.6 Å². The average Bonchev–Trinajstić information content (AvgIpc) is 3.08. The fourth-order valence-electron chi connectivity index (χ4n) is 2.68. The Hall–Kier alpha value is -3.61. The van der Waals surface area contributed by atoms with Crippen molar-refractivity contribution in [3.63, 3.8) is 0 Å². The molecule has 0 unspecified atom stereocenters. The minimum absolute atomic E-state index is 0.0672. The molecular weight excluding hydrogens is 323 g/mol. The largest absolute Gasteiger partial charge is 0.478 e. The van der Waals surface area contributed by atoms with E-state index in [1.807, 2.05) is 0 Å². The summed E-state index contributed by atoms with van der Waals surface area (Å²) < 4.78 is 16.6. The lowest BCUT2D eigenvalue weighted by molar-refractivity contribution is 0.0696. The Kier molecular flexibility index (Phi) is 3.46. The molecule has 0 aliphatic rings. The van der Waals surface area contributed by atoms with E-state index in [2.05, 4.69) is 15.0 Å². The van der Waals surface area contributed by atoms with Gasteiger partial charge in [-0.05, 0) is 42.0 Å². The first-order valence-corrected chi connectivity index (χ1v) is 7.41. The SMILES string of the molecule is O=C(O)c1ccnc(-n2cnc3ccc(-c4ccncc4)c(F)c32)c1. The fourth-order valence-corrected chi connectivity index (χ4v) is 2.68. The lowest BCUT2D eigenvalue weighted by atomic mass is 10.1. The maximum Gasteiger partial charge on any atom is 0.335 e. The van der Waals surface area contributed by atoms with Gasteiger partial charge in [-0.2, -0.15) is 0 Å². The normalized spacial score (nSPS) is 10.9. The molecule has 4 rings (SSSR count). The van der Waals surface area contributed by atoms with Crippen molar-refractivity contribution < 1.29 is 14.3 Å². The molecule has 6 nitrogen and oxygen atoms in total. The molecule has 3 aromatic heterocycles. The first-order valence-electron chi connectivity index (χ1n) is 7.41. The highest BCUT2D eigenvalue weighted by Gasteiger charge is 2.16. The zero-order valence-electron chi connectivity index (χ0n) is 12.8. The molecule has 0 radical (unpaired) electrons. The van der Waals surface area contributed by atoms with Crippen molar-refractivity contribution in [2.24, 2.45) is 0 Å². The molecule has 0 aliphatic carbocycles. The Labute approximate surface area is 141 Å². The monoisotopic (exact) mass is 334 g/mol. The number of benzene rings is 1. The van der Waals surface area contributed by atoms with Gasteiger partial charge in [0.15, 0.2) is 5.82 Å². The van der Waals surface area contributed by atoms with E-state index in [1.165, 1.54) is 29.2 Å². The molecule has 0 amide bonds. The molecule has 0 saturated heterocycles. The molecule has 3 heterocycles. The second-order valence-corrected chi connectivity index (χ2v) is 5.35. The lowest BCUT2D eigenvalue weighted by Gasteiger charge is -2.08. The fraction of sp³-hybridized carbons (Fsp3) is 0. The number of carboxylic acids is 1. The highest BCUT2D eigenvalue weighted by Crippen LogP contribution is 2.29. The van der Waals surface area contributed by atoms with Crippen LogP contribution in [0.1, 0.15) is 10.4 Å². The number of aromatic carboxylic acids is 1. The number of hydrogen-bond donors (Lipinski definition) is 1. The number of imidazole rings is 1. The first-order chi connectivity index (χ1) is 12.1. The topological polar surface area (TPSA) is 80.9 Å². The van der Waals surface area contributed by atoms with Crippen LogP contribution in [0.4, 0.5) is 4.39 Å². The van der Waals surface area contributed by atoms with Crippen LogP contribution in [0.2, 0.25) is 0 Å². The first kappa shape index (κ1) is 14.9. The standard InChI is InChI=1S/C18H11FN4O2/c19-16-13(11-3-6-20-7-4-11)1-2-14-17(16)23(10-22-14)15-9-12(18(24)25)5-8-21-15/h1-10H,(H,24,25). The van der Waals surface area contributed by atoms with Gasteiger partial charge in [0.1, 0.15) is 17.7 Å². The van der Waals surface area contributed by atoms with E-state index >= 15 is 4.39 Å². The summed E-state index contributed by atoms with van der Waals surface area (Å²) in [6.45, 7) is 0. The zero-order chi connectivity index (χ0) is 17.4. The van der Waals surface area contributed by atoms with Crippen LogP contribution in [0, 0.1) is 5.82 Å². The van der Waals surface area contributed by atoms with Crippen LogP contribution >= 0.6 is 0 Å². The number of hydrogen-bond acceptors (Lipinski definition) is 4. The number of carboxylic acid groups (broad SMARTS) is 1. The van der Waals surface area contributed by atoms with E-state index in [-0.39, 0.29) is 16.9 Å². The van der Waals surface area contributed by atoms with E-state index in [9.17, 15) is 4.79 Å². The zero-order valence-corrected chi connectivity index (χ0v) is 12.8. The number of pyridine rings is 2. The van der Waals surface area contributed by atoms with Crippen molar-refractivity contribution in [2.45, 2.75) is 0 Å². The highest BCUT2D eigenvalue weighted by molar-refractivity contribution is 5.88. The average molecular weight is 334 g/mol. The number of fused-ring (bicyclic) bond motifs is 1. The van der Waals surface area contributed by atoms with Gasteiger partial charge in [0, 0.05) is 24.2 Å². The quantitative estimate of drug-likeness (QED) is 0.621. The van der Waals surface area contributed by atoms with Gasteiger partial charge in [-0.3, -0.25) is 9.55 Å². The number of nitrogens with zero attached hydrogens (tertiary/aromatic N) is 4. The smallest absolute Gasteiger partial charge is 0.335 e. The Morgan fingerprint density at radius 3 is 2.60 bits per heavy atom. The van der Waals surface area contributed by atoms with E-state index in [0.717, 1.165) is 0 Å². The minimum atomic E-state index is -1.08. The van der Waals surface area contributed by atoms with Crippen LogP contribution in [0.5, 0.6) is 0 Å². The highest BCUT2D eigenvalue weighted by atomic mass is 19.1. The van der Waals surface area contributed by atoms with Crippen LogP contribution < -0.4 is 0 Å². The number of rotatable bonds is 3. The molecule has 122 valence electrons. The molecule has 0 spiro atoms. The summed E-state index contributed by atoms with van der Waals surface area (Å²) in [5, 5.41) is 9.13. The number of carbonyl (C=O) groups is 1. The summed E-state index contributed by atoms with van der Waals surface area (Å²) in [7, 11) is 0. The van der Waals surface area contributed by atoms with Crippen molar-refractivity contribution in [1.82, 2.24) is 19.5 Å². The van der Waals surface area contributed by atoms with Crippen LogP contribution in [-0.2, 0) is 0 Å². The molecule has 0 fully saturated rings. The van der Waals surface area contributed by atoms with Gasteiger partial charge in [0.05, 0.1) is 11.1 Å². The Morgan fingerprint density at radius 2 is 1.84 bits per heavy atom. The third-order valence-electron chi connectivity index (χ3n) is 3.88. The Morgan fingerprint density at radius 1 is 1.04 bits per heavy atom. The third-order valence-corrected chi connectivity index (χ3v) is 3.88. The van der Waals surface area contributed by atoms with Crippen molar-refractivity contribution in [2.75, 3.05) is 0 Å². The van der Waals surface area contributed by atoms with Crippen molar-refractivity contribution >= 4 is 17.0 Å². The molecule has 0 saturated carbocycles. The van der Waals surface area contributed by atoms with Gasteiger partial charge in [0.25, 0.3) is 0 Å². The molecular formula is C18H11FN4O2. The van der Waals surface area contributed by atoms with E-state index < -0.39 is 11.8 Å². The molecule has 0 atom stereocenters. The van der Waals surface area contributed by atoms with E-state index in [4.69, 9.17) is 5.11 Å². The predicted molar refractivity (Wildman–Crippen MR) is 89.0 cm³/mol. The summed E-state index contributed by atoms with van der Waals surface area (Å²) in [6.07, 6.45) is 5.98. The predicted octanol–water partition coefficient (Wildman–Crippen LogP) is 3.32. The molecule has 4 aromatic rings. The van der Waals surface area contributed by atoms with Gasteiger partial charge in [-0.25, -0.2) is 19.2 Å². The maximum absolute atomic E-state index is 15.2. The van der Waals surface area contributed by atoms with Crippen LogP contribution in [0.25, 0.3) is 28.0 Å². The van der Waals surface area contributed by atoms with Crippen LogP contribution in [0.15, 0.2) is 61.3 Å².